The van der Waals surface area contributed by atoms with Crippen LogP contribution in [0.4, 0.5) is 4.79 Å². The minimum absolute atomic E-state index is 0.0199. The van der Waals surface area contributed by atoms with Gasteiger partial charge in [0.15, 0.2) is 0 Å². The molecule has 2 saturated heterocycles. The molecule has 3 amide bonds. The highest BCUT2D eigenvalue weighted by atomic mass is 32.1. The van der Waals surface area contributed by atoms with Crippen molar-refractivity contribution in [3.05, 3.63) is 52.5 Å². The van der Waals surface area contributed by atoms with E-state index in [1.54, 1.807) is 17.5 Å². The Hall–Kier alpha value is -2.25. The minimum Gasteiger partial charge on any atom is -0.323 e. The quantitative estimate of drug-likeness (QED) is 0.632. The summed E-state index contributed by atoms with van der Waals surface area (Å²) >= 11 is 1.67. The highest BCUT2D eigenvalue weighted by Gasteiger charge is 2.55. The third-order valence-corrected chi connectivity index (χ3v) is 7.44. The molecule has 0 radical (unpaired) electrons. The first kappa shape index (κ1) is 22.0. The highest BCUT2D eigenvalue weighted by Crippen LogP contribution is 2.38. The van der Waals surface area contributed by atoms with Crippen molar-refractivity contribution >= 4 is 23.3 Å². The third-order valence-electron chi connectivity index (χ3n) is 6.51. The topological polar surface area (TPSA) is 65.5 Å². The van der Waals surface area contributed by atoms with Crippen molar-refractivity contribution < 1.29 is 9.59 Å². The Kier molecular flexibility index (Phi) is 6.72. The number of carbonyl (C=O) groups excluding carboxylic acids is 2. The number of amides is 3. The molecule has 7 heteroatoms. The van der Waals surface area contributed by atoms with Crippen molar-refractivity contribution in [3.63, 3.8) is 0 Å². The van der Waals surface area contributed by atoms with Crippen LogP contribution in [0.5, 0.6) is 0 Å². The van der Waals surface area contributed by atoms with E-state index in [-0.39, 0.29) is 17.9 Å². The second kappa shape index (κ2) is 9.49. The van der Waals surface area contributed by atoms with Gasteiger partial charge in [0.25, 0.3) is 5.91 Å². The zero-order valence-corrected chi connectivity index (χ0v) is 19.2. The predicted octanol–water partition coefficient (Wildman–Crippen LogP) is 3.93. The first-order valence-corrected chi connectivity index (χ1v) is 12.1. The van der Waals surface area contributed by atoms with E-state index in [1.807, 2.05) is 23.7 Å². The number of carbonyl (C=O) groups is 2. The number of pyridine rings is 1. The van der Waals surface area contributed by atoms with Gasteiger partial charge in [-0.1, -0.05) is 26.0 Å². The van der Waals surface area contributed by atoms with Gasteiger partial charge in [-0.05, 0) is 73.7 Å². The molecule has 0 aromatic carbocycles. The summed E-state index contributed by atoms with van der Waals surface area (Å²) in [4.78, 5) is 35.8. The summed E-state index contributed by atoms with van der Waals surface area (Å²) in [6.45, 7) is 7.45. The fourth-order valence-corrected chi connectivity index (χ4v) is 5.78. The normalized spacial score (nSPS) is 23.0. The minimum atomic E-state index is -0.763. The van der Waals surface area contributed by atoms with Gasteiger partial charge < -0.3 is 5.32 Å². The van der Waals surface area contributed by atoms with Crippen LogP contribution >= 0.6 is 11.3 Å². The second-order valence-electron chi connectivity index (χ2n) is 9.20. The first-order valence-electron chi connectivity index (χ1n) is 11.3. The summed E-state index contributed by atoms with van der Waals surface area (Å²) in [6.07, 6.45) is 6.95. The van der Waals surface area contributed by atoms with E-state index >= 15 is 0 Å². The van der Waals surface area contributed by atoms with E-state index in [0.717, 1.165) is 38.9 Å². The largest absolute Gasteiger partial charge is 0.325 e. The Labute approximate surface area is 188 Å². The van der Waals surface area contributed by atoms with Gasteiger partial charge in [0, 0.05) is 30.4 Å². The standard InChI is InChI=1S/C24H32N4O2S/c1-18(2)15-24(20-7-11-27(12-8-20)17-19-5-3-10-25-16-19)22(29)28(23(30)26-24)13-9-21-6-4-14-31-21/h3-6,10,14,16,18,20H,7-9,11-13,15,17H2,1-2H3,(H,26,30). The van der Waals surface area contributed by atoms with Gasteiger partial charge in [0.1, 0.15) is 5.54 Å². The van der Waals surface area contributed by atoms with Crippen LogP contribution in [-0.2, 0) is 17.8 Å². The Morgan fingerprint density at radius 1 is 1.23 bits per heavy atom. The Morgan fingerprint density at radius 2 is 2.03 bits per heavy atom. The molecule has 31 heavy (non-hydrogen) atoms. The first-order chi connectivity index (χ1) is 15.0. The summed E-state index contributed by atoms with van der Waals surface area (Å²) in [5.74, 6) is 0.478. The molecular weight excluding hydrogens is 408 g/mol. The molecule has 0 bridgehead atoms. The number of hydrogen-bond acceptors (Lipinski definition) is 5. The molecular formula is C24H32N4O2S. The summed E-state index contributed by atoms with van der Waals surface area (Å²) in [5.41, 5.74) is 0.448. The van der Waals surface area contributed by atoms with E-state index in [9.17, 15) is 9.59 Å². The number of thiophene rings is 1. The van der Waals surface area contributed by atoms with Crippen molar-refractivity contribution in [3.8, 4) is 0 Å². The van der Waals surface area contributed by atoms with E-state index < -0.39 is 5.54 Å². The highest BCUT2D eigenvalue weighted by molar-refractivity contribution is 7.09. The number of imide groups is 1. The van der Waals surface area contributed by atoms with Crippen molar-refractivity contribution in [1.29, 1.82) is 0 Å². The van der Waals surface area contributed by atoms with Crippen molar-refractivity contribution in [2.24, 2.45) is 11.8 Å². The number of nitrogens with one attached hydrogen (secondary N) is 1. The van der Waals surface area contributed by atoms with Crippen LogP contribution in [-0.4, -0.2) is 51.9 Å². The summed E-state index contributed by atoms with van der Waals surface area (Å²) in [7, 11) is 0. The lowest BCUT2D eigenvalue weighted by atomic mass is 9.73. The van der Waals surface area contributed by atoms with Gasteiger partial charge in [-0.15, -0.1) is 11.3 Å². The monoisotopic (exact) mass is 440 g/mol. The molecule has 0 saturated carbocycles. The van der Waals surface area contributed by atoms with Crippen LogP contribution in [0.25, 0.3) is 0 Å². The second-order valence-corrected chi connectivity index (χ2v) is 10.2. The Balaban J connectivity index is 1.44. The lowest BCUT2D eigenvalue weighted by Crippen LogP contribution is -2.56. The number of hydrogen-bond donors (Lipinski definition) is 1. The molecule has 1 unspecified atom stereocenters. The van der Waals surface area contributed by atoms with Crippen molar-refractivity contribution in [2.75, 3.05) is 19.6 Å². The Bertz CT molecular complexity index is 878. The van der Waals surface area contributed by atoms with Crippen LogP contribution in [0, 0.1) is 11.8 Å². The zero-order chi connectivity index (χ0) is 21.8. The van der Waals surface area contributed by atoms with E-state index in [2.05, 4.69) is 41.2 Å². The summed E-state index contributed by atoms with van der Waals surface area (Å²) < 4.78 is 0. The van der Waals surface area contributed by atoms with E-state index in [4.69, 9.17) is 0 Å². The van der Waals surface area contributed by atoms with Gasteiger partial charge in [-0.25, -0.2) is 4.79 Å². The number of likely N-dealkylation sites (tertiary alicyclic amines) is 1. The average Bonchev–Trinajstić information content (AvgIpc) is 3.35. The van der Waals surface area contributed by atoms with E-state index in [1.165, 1.54) is 15.3 Å². The molecule has 4 heterocycles. The third kappa shape index (κ3) is 4.83. The summed E-state index contributed by atoms with van der Waals surface area (Å²) in [5, 5.41) is 5.21. The number of nitrogens with zero attached hydrogens (tertiary/aromatic N) is 3. The maximum Gasteiger partial charge on any atom is 0.325 e. The van der Waals surface area contributed by atoms with Gasteiger partial charge in [-0.3, -0.25) is 19.6 Å². The Morgan fingerprint density at radius 3 is 2.68 bits per heavy atom. The molecule has 0 aliphatic carbocycles. The molecule has 1 atom stereocenters. The van der Waals surface area contributed by atoms with Crippen molar-refractivity contribution in [2.45, 2.75) is 51.6 Å². The van der Waals surface area contributed by atoms with Crippen LogP contribution in [0.1, 0.15) is 43.6 Å². The van der Waals surface area contributed by atoms with Gasteiger partial charge in [0.05, 0.1) is 0 Å². The molecule has 166 valence electrons. The molecule has 2 aromatic heterocycles. The number of aromatic nitrogens is 1. The molecule has 2 fully saturated rings. The fraction of sp³-hybridized carbons (Fsp3) is 0.542. The number of urea groups is 1. The molecule has 2 aromatic rings. The SMILES string of the molecule is CC(C)CC1(C2CCN(Cc3cccnc3)CC2)NC(=O)N(CCc2cccs2)C1=O. The van der Waals surface area contributed by atoms with Gasteiger partial charge >= 0.3 is 6.03 Å². The molecule has 2 aliphatic heterocycles. The zero-order valence-electron chi connectivity index (χ0n) is 18.4. The lowest BCUT2D eigenvalue weighted by Gasteiger charge is -2.41. The molecule has 0 spiro atoms. The number of rotatable bonds is 8. The molecule has 1 N–H and O–H groups in total. The van der Waals surface area contributed by atoms with Gasteiger partial charge in [0.2, 0.25) is 0 Å². The molecule has 4 rings (SSSR count). The van der Waals surface area contributed by atoms with Crippen molar-refractivity contribution in [1.82, 2.24) is 20.1 Å². The molecule has 6 nitrogen and oxygen atoms in total. The average molecular weight is 441 g/mol. The smallest absolute Gasteiger partial charge is 0.323 e. The maximum absolute atomic E-state index is 13.6. The van der Waals surface area contributed by atoms with Gasteiger partial charge in [-0.2, -0.15) is 0 Å². The van der Waals surface area contributed by atoms with Crippen LogP contribution < -0.4 is 5.32 Å². The van der Waals surface area contributed by atoms with Crippen LogP contribution in [0.3, 0.4) is 0 Å². The van der Waals surface area contributed by atoms with Crippen LogP contribution in [0.2, 0.25) is 0 Å². The number of piperidine rings is 1. The maximum atomic E-state index is 13.6. The lowest BCUT2D eigenvalue weighted by molar-refractivity contribution is -0.134. The van der Waals surface area contributed by atoms with E-state index in [0.29, 0.717) is 18.9 Å². The fourth-order valence-electron chi connectivity index (χ4n) is 5.08. The predicted molar refractivity (Wildman–Crippen MR) is 123 cm³/mol. The summed E-state index contributed by atoms with van der Waals surface area (Å²) in [6, 6.07) is 7.92. The molecule has 2 aliphatic rings. The van der Waals surface area contributed by atoms with Crippen LogP contribution in [0.15, 0.2) is 42.0 Å².